The van der Waals surface area contributed by atoms with Crippen molar-refractivity contribution in [2.24, 2.45) is 0 Å². The first-order chi connectivity index (χ1) is 15.7. The number of nitrogens with one attached hydrogen (secondary N) is 1. The van der Waals surface area contributed by atoms with Gasteiger partial charge in [-0.3, -0.25) is 19.8 Å². The summed E-state index contributed by atoms with van der Waals surface area (Å²) >= 11 is 0. The Morgan fingerprint density at radius 2 is 1.78 bits per heavy atom. The van der Waals surface area contributed by atoms with Crippen molar-refractivity contribution in [2.45, 2.75) is 13.0 Å². The van der Waals surface area contributed by atoms with Crippen LogP contribution in [0.25, 0.3) is 11.3 Å². The maximum Gasteiger partial charge on any atom is 0.338 e. The van der Waals surface area contributed by atoms with Gasteiger partial charge in [0.25, 0.3) is 5.91 Å². The van der Waals surface area contributed by atoms with Crippen LogP contribution in [0.1, 0.15) is 45.1 Å². The summed E-state index contributed by atoms with van der Waals surface area (Å²) in [5.74, 6) is -0.594. The minimum atomic E-state index is -0.457. The molecule has 3 heterocycles. The molecule has 1 aliphatic rings. The van der Waals surface area contributed by atoms with E-state index in [2.05, 4.69) is 15.2 Å². The molecule has 4 aromatic rings. The number of benzene rings is 2. The quantitative estimate of drug-likeness (QED) is 0.480. The second-order valence-electron chi connectivity index (χ2n) is 7.33. The van der Waals surface area contributed by atoms with Crippen LogP contribution in [0, 0.1) is 0 Å². The summed E-state index contributed by atoms with van der Waals surface area (Å²) < 4.78 is 5.07. The fraction of sp³-hybridized carbons (Fsp3) is 0.120. The molecule has 0 bridgehead atoms. The molecule has 0 saturated carbocycles. The number of amides is 1. The normalized spacial score (nSPS) is 15.0. The lowest BCUT2D eigenvalue weighted by atomic mass is 9.99. The molecule has 7 nitrogen and oxygen atoms in total. The molecule has 0 spiro atoms. The van der Waals surface area contributed by atoms with Crippen LogP contribution in [-0.2, 0) is 4.74 Å². The zero-order chi connectivity index (χ0) is 22.1. The van der Waals surface area contributed by atoms with Gasteiger partial charge in [-0.15, -0.1) is 0 Å². The topological polar surface area (TPSA) is 88.2 Å². The molecule has 0 radical (unpaired) electrons. The molecule has 158 valence electrons. The highest BCUT2D eigenvalue weighted by atomic mass is 16.5. The summed E-state index contributed by atoms with van der Waals surface area (Å²) in [6.45, 7) is 2.07. The number of nitrogens with zero attached hydrogens (tertiary/aromatic N) is 3. The van der Waals surface area contributed by atoms with E-state index < -0.39 is 12.0 Å². The molecule has 7 heteroatoms. The molecule has 5 rings (SSSR count). The Morgan fingerprint density at radius 1 is 1.03 bits per heavy atom. The van der Waals surface area contributed by atoms with Gasteiger partial charge in [-0.05, 0) is 43.3 Å². The Morgan fingerprint density at radius 3 is 2.47 bits per heavy atom. The van der Waals surface area contributed by atoms with Crippen LogP contribution < -0.4 is 4.90 Å². The number of aromatic nitrogens is 3. The summed E-state index contributed by atoms with van der Waals surface area (Å²) in [5.41, 5.74) is 4.67. The third-order valence-corrected chi connectivity index (χ3v) is 5.44. The van der Waals surface area contributed by atoms with Gasteiger partial charge in [0.2, 0.25) is 0 Å². The minimum Gasteiger partial charge on any atom is -0.462 e. The van der Waals surface area contributed by atoms with Gasteiger partial charge in [0.05, 0.1) is 23.6 Å². The molecule has 2 aromatic carbocycles. The molecule has 1 aliphatic heterocycles. The Hall–Kier alpha value is -4.26. The molecule has 0 aliphatic carbocycles. The Balaban J connectivity index is 1.62. The van der Waals surface area contributed by atoms with Gasteiger partial charge in [0.1, 0.15) is 11.7 Å². The van der Waals surface area contributed by atoms with Crippen molar-refractivity contribution >= 4 is 17.6 Å². The van der Waals surface area contributed by atoms with E-state index in [0.717, 1.165) is 22.5 Å². The number of carbonyl (C=O) groups is 2. The Kier molecular flexibility index (Phi) is 4.99. The number of ether oxygens (including phenoxy) is 1. The summed E-state index contributed by atoms with van der Waals surface area (Å²) in [7, 11) is 0. The summed E-state index contributed by atoms with van der Waals surface area (Å²) in [5, 5.41) is 7.40. The fourth-order valence-electron chi connectivity index (χ4n) is 4.02. The first-order valence-corrected chi connectivity index (χ1v) is 10.3. The van der Waals surface area contributed by atoms with Crippen molar-refractivity contribution in [3.8, 4) is 11.3 Å². The van der Waals surface area contributed by atoms with E-state index in [1.807, 2.05) is 48.5 Å². The fourth-order valence-corrected chi connectivity index (χ4v) is 4.02. The predicted molar refractivity (Wildman–Crippen MR) is 119 cm³/mol. The monoisotopic (exact) mass is 424 g/mol. The van der Waals surface area contributed by atoms with Gasteiger partial charge in [0.15, 0.2) is 0 Å². The van der Waals surface area contributed by atoms with Gasteiger partial charge in [0, 0.05) is 23.0 Å². The maximum absolute atomic E-state index is 13.5. The largest absolute Gasteiger partial charge is 0.462 e. The van der Waals surface area contributed by atoms with E-state index in [4.69, 9.17) is 4.74 Å². The lowest BCUT2D eigenvalue weighted by Gasteiger charge is -2.25. The summed E-state index contributed by atoms with van der Waals surface area (Å²) in [6, 6.07) is 21.8. The van der Waals surface area contributed by atoms with E-state index in [9.17, 15) is 9.59 Å². The van der Waals surface area contributed by atoms with Crippen LogP contribution in [0.2, 0.25) is 0 Å². The number of carbonyl (C=O) groups excluding carboxylic acids is 2. The number of hydrogen-bond donors (Lipinski definition) is 1. The van der Waals surface area contributed by atoms with Crippen LogP contribution in [0.4, 0.5) is 5.69 Å². The maximum atomic E-state index is 13.5. The highest BCUT2D eigenvalue weighted by Gasteiger charge is 2.43. The molecule has 0 fully saturated rings. The number of esters is 1. The van der Waals surface area contributed by atoms with Gasteiger partial charge >= 0.3 is 5.97 Å². The molecule has 1 N–H and O–H groups in total. The van der Waals surface area contributed by atoms with Crippen LogP contribution in [-0.4, -0.2) is 33.7 Å². The first-order valence-electron chi connectivity index (χ1n) is 10.3. The molecule has 1 atom stereocenters. The molecule has 1 amide bonds. The number of H-pyrrole nitrogens is 1. The van der Waals surface area contributed by atoms with Crippen molar-refractivity contribution < 1.29 is 14.3 Å². The van der Waals surface area contributed by atoms with Gasteiger partial charge in [-0.1, -0.05) is 36.4 Å². The second-order valence-corrected chi connectivity index (χ2v) is 7.33. The SMILES string of the molecule is CCOC(=O)c1ccc(N2C(=O)c3[nH]nc(-c4ccccc4)c3[C@H]2c2ccccn2)cc1. The summed E-state index contributed by atoms with van der Waals surface area (Å²) in [4.78, 5) is 31.8. The smallest absolute Gasteiger partial charge is 0.338 e. The third kappa shape index (κ3) is 3.24. The van der Waals surface area contributed by atoms with E-state index in [0.29, 0.717) is 23.6 Å². The van der Waals surface area contributed by atoms with E-state index in [1.54, 1.807) is 42.3 Å². The van der Waals surface area contributed by atoms with Crippen LogP contribution >= 0.6 is 0 Å². The highest BCUT2D eigenvalue weighted by molar-refractivity contribution is 6.11. The predicted octanol–water partition coefficient (Wildman–Crippen LogP) is 4.40. The number of fused-ring (bicyclic) bond motifs is 1. The van der Waals surface area contributed by atoms with Crippen molar-refractivity contribution in [3.63, 3.8) is 0 Å². The lowest BCUT2D eigenvalue weighted by molar-refractivity contribution is 0.0526. The average Bonchev–Trinajstić information content (AvgIpc) is 3.39. The van der Waals surface area contributed by atoms with Crippen LogP contribution in [0.15, 0.2) is 79.0 Å². The van der Waals surface area contributed by atoms with Crippen molar-refractivity contribution in [3.05, 3.63) is 102 Å². The Labute approximate surface area is 184 Å². The molecular formula is C25H20N4O3. The van der Waals surface area contributed by atoms with Crippen molar-refractivity contribution in [2.75, 3.05) is 11.5 Å². The molecule has 0 unspecified atom stereocenters. The molecule has 2 aromatic heterocycles. The average molecular weight is 424 g/mol. The first kappa shape index (κ1) is 19.7. The molecule has 0 saturated heterocycles. The zero-order valence-corrected chi connectivity index (χ0v) is 17.4. The van der Waals surface area contributed by atoms with Crippen molar-refractivity contribution in [1.82, 2.24) is 15.2 Å². The van der Waals surface area contributed by atoms with E-state index in [1.165, 1.54) is 0 Å². The van der Waals surface area contributed by atoms with Crippen molar-refractivity contribution in [1.29, 1.82) is 0 Å². The standard InChI is InChI=1S/C25H20N4O3/c1-2-32-25(31)17-11-13-18(14-12-17)29-23(19-10-6-7-15-26-19)20-21(16-8-4-3-5-9-16)27-28-22(20)24(29)30/h3-15,23H,2H2,1H3,(H,27,28)/t23-/m1/s1. The number of aromatic amines is 1. The van der Waals surface area contributed by atoms with Gasteiger partial charge in [-0.25, -0.2) is 4.79 Å². The minimum absolute atomic E-state index is 0.200. The third-order valence-electron chi connectivity index (χ3n) is 5.44. The number of pyridine rings is 1. The number of anilines is 1. The summed E-state index contributed by atoms with van der Waals surface area (Å²) in [6.07, 6.45) is 1.71. The van der Waals surface area contributed by atoms with Crippen LogP contribution in [0.3, 0.4) is 0 Å². The second kappa shape index (κ2) is 8.11. The highest BCUT2D eigenvalue weighted by Crippen LogP contribution is 2.44. The van der Waals surface area contributed by atoms with Gasteiger partial charge < -0.3 is 4.74 Å². The lowest BCUT2D eigenvalue weighted by Crippen LogP contribution is -2.29. The number of hydrogen-bond acceptors (Lipinski definition) is 5. The van der Waals surface area contributed by atoms with Gasteiger partial charge in [-0.2, -0.15) is 5.10 Å². The number of rotatable bonds is 5. The zero-order valence-electron chi connectivity index (χ0n) is 17.4. The Bertz CT molecular complexity index is 1270. The van der Waals surface area contributed by atoms with Crippen LogP contribution in [0.5, 0.6) is 0 Å². The van der Waals surface area contributed by atoms with E-state index >= 15 is 0 Å². The molecule has 32 heavy (non-hydrogen) atoms. The van der Waals surface area contributed by atoms with E-state index in [-0.39, 0.29) is 5.91 Å². The molecular weight excluding hydrogens is 404 g/mol.